The molecule has 2 heterocycles. The van der Waals surface area contributed by atoms with Crippen LogP contribution >= 0.6 is 11.6 Å². The topological polar surface area (TPSA) is 29.3 Å². The molecule has 0 bridgehead atoms. The number of hydrogen-bond acceptors (Lipinski definition) is 3. The van der Waals surface area contributed by atoms with Crippen molar-refractivity contribution >= 4 is 28.4 Å². The third-order valence-corrected chi connectivity index (χ3v) is 3.89. The molecule has 0 saturated heterocycles. The van der Waals surface area contributed by atoms with Gasteiger partial charge in [-0.2, -0.15) is 0 Å². The first-order chi connectivity index (χ1) is 8.90. The predicted octanol–water partition coefficient (Wildman–Crippen LogP) is 3.82. The zero-order valence-corrected chi connectivity index (χ0v) is 11.1. The Morgan fingerprint density at radius 1 is 1.33 bits per heavy atom. The summed E-state index contributed by atoms with van der Waals surface area (Å²) in [6, 6.07) is 4.48. The zero-order valence-electron chi connectivity index (χ0n) is 10.3. The van der Waals surface area contributed by atoms with Crippen LogP contribution in [0.4, 0.5) is 5.82 Å². The lowest BCUT2D eigenvalue weighted by Gasteiger charge is -2.29. The summed E-state index contributed by atoms with van der Waals surface area (Å²) in [5.74, 6) is 1.65. The molecule has 0 spiro atoms. The molecule has 2 aromatic heterocycles. The van der Waals surface area contributed by atoms with Crippen LogP contribution in [0.3, 0.4) is 0 Å². The molecular formula is C14H17ClN2O. The van der Waals surface area contributed by atoms with E-state index in [-0.39, 0.29) is 0 Å². The molecule has 0 N–H and O–H groups in total. The minimum Gasteiger partial charge on any atom is -0.464 e. The standard InChI is InChI=1S/C14H17ClN2O/c15-7-9-17(11-3-1-2-4-11)14-12-6-10-18-13(12)5-8-16-14/h5-6,8,10-11H,1-4,7,9H2. The SMILES string of the molecule is ClCCN(c1nccc2occc12)C1CCCC1. The van der Waals surface area contributed by atoms with Gasteiger partial charge >= 0.3 is 0 Å². The van der Waals surface area contributed by atoms with E-state index in [1.807, 2.05) is 18.3 Å². The number of anilines is 1. The molecule has 0 aliphatic heterocycles. The maximum absolute atomic E-state index is 5.96. The van der Waals surface area contributed by atoms with Gasteiger partial charge in [0.25, 0.3) is 0 Å². The molecule has 0 amide bonds. The molecule has 18 heavy (non-hydrogen) atoms. The molecule has 3 rings (SSSR count). The minimum absolute atomic E-state index is 0.580. The number of fused-ring (bicyclic) bond motifs is 1. The predicted molar refractivity (Wildman–Crippen MR) is 74.3 cm³/mol. The van der Waals surface area contributed by atoms with Crippen molar-refractivity contribution in [3.8, 4) is 0 Å². The van der Waals surface area contributed by atoms with Gasteiger partial charge in [-0.25, -0.2) is 4.98 Å². The molecule has 0 aromatic carbocycles. The van der Waals surface area contributed by atoms with Crippen molar-refractivity contribution in [3.05, 3.63) is 24.6 Å². The van der Waals surface area contributed by atoms with E-state index < -0.39 is 0 Å². The van der Waals surface area contributed by atoms with Crippen LogP contribution in [-0.2, 0) is 0 Å². The molecule has 0 radical (unpaired) electrons. The fourth-order valence-electron chi connectivity index (χ4n) is 2.88. The van der Waals surface area contributed by atoms with Gasteiger partial charge in [0.1, 0.15) is 11.4 Å². The van der Waals surface area contributed by atoms with Crippen molar-refractivity contribution in [2.45, 2.75) is 31.7 Å². The van der Waals surface area contributed by atoms with Crippen LogP contribution < -0.4 is 4.90 Å². The highest BCUT2D eigenvalue weighted by molar-refractivity contribution is 6.18. The van der Waals surface area contributed by atoms with Crippen LogP contribution in [0.5, 0.6) is 0 Å². The molecule has 1 fully saturated rings. The number of halogens is 1. The van der Waals surface area contributed by atoms with Crippen molar-refractivity contribution in [3.63, 3.8) is 0 Å². The summed E-state index contributed by atoms with van der Waals surface area (Å²) in [5, 5.41) is 1.09. The molecule has 0 atom stereocenters. The van der Waals surface area contributed by atoms with E-state index in [9.17, 15) is 0 Å². The second kappa shape index (κ2) is 5.19. The summed E-state index contributed by atoms with van der Waals surface area (Å²) in [5.41, 5.74) is 0.901. The quantitative estimate of drug-likeness (QED) is 0.787. The number of nitrogens with zero attached hydrogens (tertiary/aromatic N) is 2. The van der Waals surface area contributed by atoms with Gasteiger partial charge in [0.15, 0.2) is 0 Å². The van der Waals surface area contributed by atoms with Crippen molar-refractivity contribution in [2.24, 2.45) is 0 Å². The average molecular weight is 265 g/mol. The first-order valence-electron chi connectivity index (χ1n) is 6.55. The zero-order chi connectivity index (χ0) is 12.4. The van der Waals surface area contributed by atoms with E-state index in [1.54, 1.807) is 6.26 Å². The average Bonchev–Trinajstić information content (AvgIpc) is 3.06. The number of hydrogen-bond donors (Lipinski definition) is 0. The van der Waals surface area contributed by atoms with Crippen molar-refractivity contribution in [2.75, 3.05) is 17.3 Å². The second-order valence-corrected chi connectivity index (χ2v) is 5.17. The monoisotopic (exact) mass is 264 g/mol. The van der Waals surface area contributed by atoms with Gasteiger partial charge in [0.05, 0.1) is 11.6 Å². The highest BCUT2D eigenvalue weighted by Gasteiger charge is 2.24. The van der Waals surface area contributed by atoms with Crippen molar-refractivity contribution in [1.29, 1.82) is 0 Å². The van der Waals surface area contributed by atoms with E-state index in [0.717, 1.165) is 23.3 Å². The highest BCUT2D eigenvalue weighted by Crippen LogP contribution is 2.31. The minimum atomic E-state index is 0.580. The van der Waals surface area contributed by atoms with Crippen LogP contribution in [0.15, 0.2) is 29.0 Å². The van der Waals surface area contributed by atoms with Gasteiger partial charge < -0.3 is 9.32 Å². The van der Waals surface area contributed by atoms with Crippen LogP contribution in [0.2, 0.25) is 0 Å². The van der Waals surface area contributed by atoms with Gasteiger partial charge in [0, 0.05) is 24.7 Å². The molecule has 1 aliphatic rings. The van der Waals surface area contributed by atoms with Gasteiger partial charge in [0.2, 0.25) is 0 Å². The van der Waals surface area contributed by atoms with E-state index in [0.29, 0.717) is 11.9 Å². The molecule has 96 valence electrons. The number of pyridine rings is 1. The maximum Gasteiger partial charge on any atom is 0.139 e. The normalized spacial score (nSPS) is 16.5. The van der Waals surface area contributed by atoms with Gasteiger partial charge in [-0.05, 0) is 25.0 Å². The summed E-state index contributed by atoms with van der Waals surface area (Å²) in [7, 11) is 0. The Morgan fingerprint density at radius 3 is 2.94 bits per heavy atom. The third kappa shape index (κ3) is 2.07. The maximum atomic E-state index is 5.96. The van der Waals surface area contributed by atoms with E-state index in [1.165, 1.54) is 25.7 Å². The largest absolute Gasteiger partial charge is 0.464 e. The Bertz CT molecular complexity index is 519. The molecule has 4 heteroatoms. The molecule has 1 saturated carbocycles. The molecule has 3 nitrogen and oxygen atoms in total. The summed E-state index contributed by atoms with van der Waals surface area (Å²) in [4.78, 5) is 6.91. The highest BCUT2D eigenvalue weighted by atomic mass is 35.5. The lowest BCUT2D eigenvalue weighted by Crippen LogP contribution is -2.35. The first-order valence-corrected chi connectivity index (χ1v) is 7.08. The van der Waals surface area contributed by atoms with Crippen LogP contribution in [0.25, 0.3) is 11.0 Å². The van der Waals surface area contributed by atoms with Crippen LogP contribution in [0, 0.1) is 0 Å². The number of rotatable bonds is 4. The lowest BCUT2D eigenvalue weighted by molar-refractivity contribution is 0.610. The Morgan fingerprint density at radius 2 is 2.17 bits per heavy atom. The van der Waals surface area contributed by atoms with Crippen LogP contribution in [-0.4, -0.2) is 23.5 Å². The van der Waals surface area contributed by atoms with Crippen molar-refractivity contribution in [1.82, 2.24) is 4.98 Å². The summed E-state index contributed by atoms with van der Waals surface area (Å²) in [6.07, 6.45) is 8.65. The Balaban J connectivity index is 2.00. The molecule has 1 aliphatic carbocycles. The van der Waals surface area contributed by atoms with E-state index in [4.69, 9.17) is 16.0 Å². The number of aromatic nitrogens is 1. The summed E-state index contributed by atoms with van der Waals surface area (Å²) in [6.45, 7) is 0.851. The molecular weight excluding hydrogens is 248 g/mol. The molecule has 0 unspecified atom stereocenters. The molecule has 2 aromatic rings. The van der Waals surface area contributed by atoms with Gasteiger partial charge in [-0.3, -0.25) is 0 Å². The Hall–Kier alpha value is -1.22. The van der Waals surface area contributed by atoms with Crippen molar-refractivity contribution < 1.29 is 4.42 Å². The second-order valence-electron chi connectivity index (χ2n) is 4.79. The van der Waals surface area contributed by atoms with E-state index in [2.05, 4.69) is 9.88 Å². The van der Waals surface area contributed by atoms with Gasteiger partial charge in [-0.1, -0.05) is 12.8 Å². The third-order valence-electron chi connectivity index (χ3n) is 3.72. The summed E-state index contributed by atoms with van der Waals surface area (Å²) >= 11 is 5.96. The Kier molecular flexibility index (Phi) is 3.41. The summed E-state index contributed by atoms with van der Waals surface area (Å²) < 4.78 is 5.45. The van der Waals surface area contributed by atoms with E-state index >= 15 is 0 Å². The van der Waals surface area contributed by atoms with Gasteiger partial charge in [-0.15, -0.1) is 11.6 Å². The number of alkyl halides is 1. The fourth-order valence-corrected chi connectivity index (χ4v) is 3.06. The number of furan rings is 1. The fraction of sp³-hybridized carbons (Fsp3) is 0.500. The smallest absolute Gasteiger partial charge is 0.139 e. The Labute approximate surface area is 112 Å². The lowest BCUT2D eigenvalue weighted by atomic mass is 10.2. The van der Waals surface area contributed by atoms with Crippen LogP contribution in [0.1, 0.15) is 25.7 Å². The first kappa shape index (κ1) is 11.8.